The molecule has 0 saturated carbocycles. The van der Waals surface area contributed by atoms with Gasteiger partial charge in [0.15, 0.2) is 0 Å². The number of aromatic carboxylic acids is 1. The molecule has 1 fully saturated rings. The summed E-state index contributed by atoms with van der Waals surface area (Å²) in [7, 11) is 0. The molecule has 2 rings (SSSR count). The van der Waals surface area contributed by atoms with Crippen LogP contribution in [0.4, 0.5) is 5.82 Å². The number of carboxylic acid groups (broad SMARTS) is 1. The number of carboxylic acids is 1. The van der Waals surface area contributed by atoms with Crippen LogP contribution < -0.4 is 4.90 Å². The van der Waals surface area contributed by atoms with Crippen molar-refractivity contribution in [2.75, 3.05) is 57.4 Å². The highest BCUT2D eigenvalue weighted by Gasteiger charge is 2.21. The van der Waals surface area contributed by atoms with E-state index < -0.39 is 5.97 Å². The van der Waals surface area contributed by atoms with Gasteiger partial charge in [0.2, 0.25) is 0 Å². The summed E-state index contributed by atoms with van der Waals surface area (Å²) >= 11 is 0. The Bertz CT molecular complexity index is 461. The first-order valence-electron chi connectivity index (χ1n) is 7.06. The minimum atomic E-state index is -0.946. The molecule has 0 radical (unpaired) electrons. The summed E-state index contributed by atoms with van der Waals surface area (Å²) in [6, 6.07) is 3.22. The van der Waals surface area contributed by atoms with E-state index in [0.717, 1.165) is 32.7 Å². The molecule has 116 valence electrons. The number of ether oxygens (including phenoxy) is 1. The van der Waals surface area contributed by atoms with Gasteiger partial charge in [-0.15, -0.1) is 0 Å². The van der Waals surface area contributed by atoms with Crippen molar-refractivity contribution in [2.45, 2.75) is 0 Å². The Labute approximate surface area is 123 Å². The molecule has 1 saturated heterocycles. The summed E-state index contributed by atoms with van der Waals surface area (Å²) in [5.74, 6) is -0.404. The molecule has 0 unspecified atom stereocenters. The second kappa shape index (κ2) is 7.92. The highest BCUT2D eigenvalue weighted by atomic mass is 16.5. The molecule has 0 spiro atoms. The van der Waals surface area contributed by atoms with Crippen molar-refractivity contribution in [3.8, 4) is 0 Å². The normalized spacial score (nSPS) is 16.1. The topological polar surface area (TPSA) is 86.1 Å². The number of anilines is 1. The molecule has 21 heavy (non-hydrogen) atoms. The Morgan fingerprint density at radius 2 is 2.05 bits per heavy atom. The number of aliphatic hydroxyl groups excluding tert-OH is 1. The van der Waals surface area contributed by atoms with Gasteiger partial charge in [-0.05, 0) is 12.1 Å². The van der Waals surface area contributed by atoms with Crippen LogP contribution in [0.25, 0.3) is 0 Å². The van der Waals surface area contributed by atoms with Crippen LogP contribution in [0.1, 0.15) is 10.4 Å². The average Bonchev–Trinajstić information content (AvgIpc) is 2.52. The highest BCUT2D eigenvalue weighted by molar-refractivity contribution is 5.93. The number of rotatable bonds is 7. The predicted molar refractivity (Wildman–Crippen MR) is 77.8 cm³/mol. The van der Waals surface area contributed by atoms with Crippen LogP contribution in [0, 0.1) is 0 Å². The summed E-state index contributed by atoms with van der Waals surface area (Å²) in [6.45, 7) is 5.03. The van der Waals surface area contributed by atoms with E-state index in [2.05, 4.69) is 9.88 Å². The van der Waals surface area contributed by atoms with Crippen LogP contribution in [0.2, 0.25) is 0 Å². The van der Waals surface area contributed by atoms with Gasteiger partial charge in [-0.25, -0.2) is 9.78 Å². The molecule has 7 heteroatoms. The van der Waals surface area contributed by atoms with Gasteiger partial charge in [-0.3, -0.25) is 4.90 Å². The number of aromatic nitrogens is 1. The van der Waals surface area contributed by atoms with Gasteiger partial charge in [0, 0.05) is 38.9 Å². The number of pyridine rings is 1. The lowest BCUT2D eigenvalue weighted by Gasteiger charge is -2.35. The number of aliphatic hydroxyl groups is 1. The van der Waals surface area contributed by atoms with E-state index in [0.29, 0.717) is 19.0 Å². The largest absolute Gasteiger partial charge is 0.478 e. The van der Waals surface area contributed by atoms with Crippen molar-refractivity contribution in [1.29, 1.82) is 0 Å². The standard InChI is InChI=1S/C14H21N3O4/c18-9-11-21-10-8-16-4-6-17(7-5-16)13-12(14(19)20)2-1-3-15-13/h1-3,18H,4-11H2,(H,19,20). The molecule has 7 nitrogen and oxygen atoms in total. The van der Waals surface area contributed by atoms with E-state index in [1.165, 1.54) is 0 Å². The number of nitrogens with zero attached hydrogens (tertiary/aromatic N) is 3. The lowest BCUT2D eigenvalue weighted by molar-refractivity contribution is 0.0695. The molecule has 0 aromatic carbocycles. The Morgan fingerprint density at radius 3 is 2.71 bits per heavy atom. The van der Waals surface area contributed by atoms with Crippen LogP contribution >= 0.6 is 0 Å². The molecule has 0 amide bonds. The third-order valence-corrected chi connectivity index (χ3v) is 3.48. The fraction of sp³-hybridized carbons (Fsp3) is 0.571. The van der Waals surface area contributed by atoms with Crippen molar-refractivity contribution < 1.29 is 19.7 Å². The quantitative estimate of drug-likeness (QED) is 0.680. The van der Waals surface area contributed by atoms with E-state index in [9.17, 15) is 9.90 Å². The molecular weight excluding hydrogens is 274 g/mol. The van der Waals surface area contributed by atoms with Gasteiger partial charge in [-0.1, -0.05) is 0 Å². The van der Waals surface area contributed by atoms with Gasteiger partial charge in [-0.2, -0.15) is 0 Å². The first kappa shape index (κ1) is 15.7. The fourth-order valence-corrected chi connectivity index (χ4v) is 2.36. The fourth-order valence-electron chi connectivity index (χ4n) is 2.36. The molecule has 1 aliphatic heterocycles. The van der Waals surface area contributed by atoms with Crippen LogP contribution in [-0.4, -0.2) is 78.6 Å². The molecule has 2 heterocycles. The number of hydrogen-bond acceptors (Lipinski definition) is 6. The molecular formula is C14H21N3O4. The zero-order valence-corrected chi connectivity index (χ0v) is 11.9. The summed E-state index contributed by atoms with van der Waals surface area (Å²) in [5.41, 5.74) is 0.247. The van der Waals surface area contributed by atoms with Gasteiger partial charge >= 0.3 is 5.97 Å². The highest BCUT2D eigenvalue weighted by Crippen LogP contribution is 2.18. The number of carbonyl (C=O) groups is 1. The third kappa shape index (κ3) is 4.38. The average molecular weight is 295 g/mol. The second-order valence-corrected chi connectivity index (χ2v) is 4.84. The van der Waals surface area contributed by atoms with E-state index in [1.54, 1.807) is 18.3 Å². The molecule has 2 N–H and O–H groups in total. The SMILES string of the molecule is O=C(O)c1cccnc1N1CCN(CCOCCO)CC1. The molecule has 1 aromatic heterocycles. The van der Waals surface area contributed by atoms with Crippen LogP contribution in [0.3, 0.4) is 0 Å². The predicted octanol–water partition coefficient (Wildman–Crippen LogP) is -0.0893. The summed E-state index contributed by atoms with van der Waals surface area (Å²) in [6.07, 6.45) is 1.62. The van der Waals surface area contributed by atoms with Crippen molar-refractivity contribution in [1.82, 2.24) is 9.88 Å². The van der Waals surface area contributed by atoms with E-state index in [4.69, 9.17) is 9.84 Å². The Hall–Kier alpha value is -1.70. The lowest BCUT2D eigenvalue weighted by atomic mass is 10.2. The lowest BCUT2D eigenvalue weighted by Crippen LogP contribution is -2.48. The van der Waals surface area contributed by atoms with Crippen LogP contribution in [0.15, 0.2) is 18.3 Å². The minimum Gasteiger partial charge on any atom is -0.478 e. The Balaban J connectivity index is 1.85. The minimum absolute atomic E-state index is 0.0470. The first-order valence-corrected chi connectivity index (χ1v) is 7.06. The van der Waals surface area contributed by atoms with Crippen molar-refractivity contribution in [2.24, 2.45) is 0 Å². The van der Waals surface area contributed by atoms with Gasteiger partial charge in [0.25, 0.3) is 0 Å². The zero-order valence-electron chi connectivity index (χ0n) is 11.9. The molecule has 0 aliphatic carbocycles. The van der Waals surface area contributed by atoms with E-state index >= 15 is 0 Å². The van der Waals surface area contributed by atoms with E-state index in [-0.39, 0.29) is 12.2 Å². The second-order valence-electron chi connectivity index (χ2n) is 4.84. The summed E-state index contributed by atoms with van der Waals surface area (Å²) in [4.78, 5) is 19.7. The van der Waals surface area contributed by atoms with Gasteiger partial charge < -0.3 is 19.8 Å². The smallest absolute Gasteiger partial charge is 0.339 e. The molecule has 0 bridgehead atoms. The third-order valence-electron chi connectivity index (χ3n) is 3.48. The first-order chi connectivity index (χ1) is 10.2. The van der Waals surface area contributed by atoms with Crippen LogP contribution in [-0.2, 0) is 4.74 Å². The Kier molecular flexibility index (Phi) is 5.91. The maximum atomic E-state index is 11.2. The molecule has 0 atom stereocenters. The molecule has 1 aliphatic rings. The zero-order chi connectivity index (χ0) is 15.1. The van der Waals surface area contributed by atoms with Crippen molar-refractivity contribution in [3.05, 3.63) is 23.9 Å². The van der Waals surface area contributed by atoms with Gasteiger partial charge in [0.1, 0.15) is 11.4 Å². The summed E-state index contributed by atoms with van der Waals surface area (Å²) in [5, 5.41) is 17.8. The van der Waals surface area contributed by atoms with E-state index in [1.807, 2.05) is 4.90 Å². The van der Waals surface area contributed by atoms with Crippen molar-refractivity contribution >= 4 is 11.8 Å². The Morgan fingerprint density at radius 1 is 1.29 bits per heavy atom. The monoisotopic (exact) mass is 295 g/mol. The molecule has 1 aromatic rings. The maximum Gasteiger partial charge on any atom is 0.339 e. The van der Waals surface area contributed by atoms with Crippen molar-refractivity contribution in [3.63, 3.8) is 0 Å². The number of piperazine rings is 1. The maximum absolute atomic E-state index is 11.2. The van der Waals surface area contributed by atoms with Crippen LogP contribution in [0.5, 0.6) is 0 Å². The number of hydrogen-bond donors (Lipinski definition) is 2. The van der Waals surface area contributed by atoms with Gasteiger partial charge in [0.05, 0.1) is 19.8 Å². The summed E-state index contributed by atoms with van der Waals surface area (Å²) < 4.78 is 5.25.